The van der Waals surface area contributed by atoms with E-state index in [2.05, 4.69) is 20.9 Å². The van der Waals surface area contributed by atoms with Crippen molar-refractivity contribution in [3.8, 4) is 0 Å². The molecule has 0 aromatic carbocycles. The molecule has 1 saturated carbocycles. The van der Waals surface area contributed by atoms with Crippen LogP contribution in [0.4, 0.5) is 4.79 Å². The van der Waals surface area contributed by atoms with E-state index >= 15 is 0 Å². The number of nitrogens with one attached hydrogen (secondary N) is 3. The van der Waals surface area contributed by atoms with Gasteiger partial charge in [0.05, 0.1) is 0 Å². The summed E-state index contributed by atoms with van der Waals surface area (Å²) in [6.07, 6.45) is 9.29. The second-order valence-corrected chi connectivity index (χ2v) is 5.27. The van der Waals surface area contributed by atoms with E-state index in [0.29, 0.717) is 12.6 Å². The van der Waals surface area contributed by atoms with Crippen LogP contribution in [0.2, 0.25) is 0 Å². The highest BCUT2D eigenvalue weighted by Crippen LogP contribution is 2.17. The molecule has 1 aliphatic rings. The highest BCUT2D eigenvalue weighted by atomic mass is 16.2. The summed E-state index contributed by atoms with van der Waals surface area (Å²) in [5.74, 6) is 0. The van der Waals surface area contributed by atoms with Crippen LogP contribution in [0.15, 0.2) is 24.5 Å². The number of carbonyl (C=O) groups excluding carboxylic acids is 1. The van der Waals surface area contributed by atoms with Gasteiger partial charge < -0.3 is 16.0 Å². The van der Waals surface area contributed by atoms with Crippen LogP contribution < -0.4 is 16.0 Å². The van der Waals surface area contributed by atoms with E-state index in [1.165, 1.54) is 18.4 Å². The molecule has 0 atom stereocenters. The van der Waals surface area contributed by atoms with Crippen molar-refractivity contribution in [3.05, 3.63) is 30.1 Å². The minimum Gasteiger partial charge on any atom is -0.338 e. The van der Waals surface area contributed by atoms with E-state index in [-0.39, 0.29) is 6.03 Å². The predicted octanol–water partition coefficient (Wildman–Crippen LogP) is 1.80. The highest BCUT2D eigenvalue weighted by Gasteiger charge is 2.16. The van der Waals surface area contributed by atoms with Crippen molar-refractivity contribution in [2.45, 2.75) is 44.7 Å². The number of amides is 2. The molecule has 5 heteroatoms. The first kappa shape index (κ1) is 14.8. The second kappa shape index (κ2) is 8.53. The number of aromatic nitrogens is 1. The molecule has 2 rings (SSSR count). The van der Waals surface area contributed by atoms with Gasteiger partial charge in [0.1, 0.15) is 0 Å². The summed E-state index contributed by atoms with van der Waals surface area (Å²) in [6.45, 7) is 2.42. The largest absolute Gasteiger partial charge is 0.338 e. The zero-order valence-corrected chi connectivity index (χ0v) is 11.9. The normalized spacial score (nSPS) is 15.2. The summed E-state index contributed by atoms with van der Waals surface area (Å²) in [4.78, 5) is 15.7. The highest BCUT2D eigenvalue weighted by molar-refractivity contribution is 5.74. The Balaban J connectivity index is 1.46. The molecule has 2 amide bonds. The first-order valence-corrected chi connectivity index (χ1v) is 7.48. The standard InChI is InChI=1S/C15H24N4O/c20-15(19-14-6-1-2-7-14)18-10-4-9-17-12-13-5-3-8-16-11-13/h3,5,8,11,14,17H,1-2,4,6-7,9-10,12H2,(H2,18,19,20). The van der Waals surface area contributed by atoms with E-state index in [4.69, 9.17) is 0 Å². The number of nitrogens with zero attached hydrogens (tertiary/aromatic N) is 1. The summed E-state index contributed by atoms with van der Waals surface area (Å²) >= 11 is 0. The second-order valence-electron chi connectivity index (χ2n) is 5.27. The van der Waals surface area contributed by atoms with Crippen LogP contribution in [0, 0.1) is 0 Å². The van der Waals surface area contributed by atoms with Crippen LogP contribution in [-0.2, 0) is 6.54 Å². The van der Waals surface area contributed by atoms with E-state index in [0.717, 1.165) is 32.4 Å². The van der Waals surface area contributed by atoms with Crippen LogP contribution in [0.3, 0.4) is 0 Å². The van der Waals surface area contributed by atoms with Gasteiger partial charge in [0, 0.05) is 31.5 Å². The van der Waals surface area contributed by atoms with E-state index in [1.807, 2.05) is 18.3 Å². The van der Waals surface area contributed by atoms with Crippen molar-refractivity contribution in [1.82, 2.24) is 20.9 Å². The number of rotatable bonds is 7. The molecule has 1 aliphatic carbocycles. The van der Waals surface area contributed by atoms with E-state index in [9.17, 15) is 4.79 Å². The molecular weight excluding hydrogens is 252 g/mol. The quantitative estimate of drug-likeness (QED) is 0.665. The van der Waals surface area contributed by atoms with Crippen molar-refractivity contribution >= 4 is 6.03 Å². The average molecular weight is 276 g/mol. The molecule has 0 unspecified atom stereocenters. The predicted molar refractivity (Wildman–Crippen MR) is 79.4 cm³/mol. The summed E-state index contributed by atoms with van der Waals surface area (Å²) in [5.41, 5.74) is 1.18. The van der Waals surface area contributed by atoms with E-state index < -0.39 is 0 Å². The van der Waals surface area contributed by atoms with Crippen molar-refractivity contribution in [2.75, 3.05) is 13.1 Å². The van der Waals surface area contributed by atoms with Crippen LogP contribution in [-0.4, -0.2) is 30.1 Å². The fourth-order valence-electron chi connectivity index (χ4n) is 2.46. The topological polar surface area (TPSA) is 66.0 Å². The van der Waals surface area contributed by atoms with Crippen LogP contribution in [0.25, 0.3) is 0 Å². The Morgan fingerprint density at radius 3 is 2.90 bits per heavy atom. The van der Waals surface area contributed by atoms with Crippen LogP contribution in [0.5, 0.6) is 0 Å². The van der Waals surface area contributed by atoms with Crippen molar-refractivity contribution in [3.63, 3.8) is 0 Å². The van der Waals surface area contributed by atoms with Gasteiger partial charge in [-0.25, -0.2) is 4.79 Å². The Bertz CT molecular complexity index is 390. The maximum Gasteiger partial charge on any atom is 0.315 e. The van der Waals surface area contributed by atoms with Crippen molar-refractivity contribution in [1.29, 1.82) is 0 Å². The fraction of sp³-hybridized carbons (Fsp3) is 0.600. The Labute approximate surface area is 120 Å². The average Bonchev–Trinajstić information content (AvgIpc) is 2.96. The van der Waals surface area contributed by atoms with E-state index in [1.54, 1.807) is 6.20 Å². The molecule has 0 radical (unpaired) electrons. The maximum atomic E-state index is 11.6. The lowest BCUT2D eigenvalue weighted by Gasteiger charge is -2.13. The number of pyridine rings is 1. The third-order valence-electron chi connectivity index (χ3n) is 3.56. The van der Waals surface area contributed by atoms with Gasteiger partial charge in [-0.15, -0.1) is 0 Å². The molecule has 1 aromatic heterocycles. The molecule has 0 spiro atoms. The molecule has 20 heavy (non-hydrogen) atoms. The van der Waals surface area contributed by atoms with Crippen LogP contribution in [0.1, 0.15) is 37.7 Å². The molecular formula is C15H24N4O. The minimum absolute atomic E-state index is 0.0239. The third-order valence-corrected chi connectivity index (χ3v) is 3.56. The smallest absolute Gasteiger partial charge is 0.315 e. The fourth-order valence-corrected chi connectivity index (χ4v) is 2.46. The van der Waals surface area contributed by atoms with Gasteiger partial charge in [-0.3, -0.25) is 4.98 Å². The molecule has 110 valence electrons. The summed E-state index contributed by atoms with van der Waals surface area (Å²) in [6, 6.07) is 4.35. The van der Waals surface area contributed by atoms with Gasteiger partial charge in [-0.1, -0.05) is 18.9 Å². The molecule has 1 aromatic rings. The lowest BCUT2D eigenvalue weighted by Crippen LogP contribution is -2.41. The Morgan fingerprint density at radius 2 is 2.15 bits per heavy atom. The number of carbonyl (C=O) groups is 1. The first-order valence-electron chi connectivity index (χ1n) is 7.48. The van der Waals surface area contributed by atoms with Crippen molar-refractivity contribution in [2.24, 2.45) is 0 Å². The Morgan fingerprint density at radius 1 is 1.30 bits per heavy atom. The molecule has 3 N–H and O–H groups in total. The maximum absolute atomic E-state index is 11.6. The molecule has 1 heterocycles. The number of hydrogen-bond donors (Lipinski definition) is 3. The van der Waals surface area contributed by atoms with Gasteiger partial charge in [0.25, 0.3) is 0 Å². The molecule has 0 bridgehead atoms. The van der Waals surface area contributed by atoms with Gasteiger partial charge in [0.2, 0.25) is 0 Å². The third kappa shape index (κ3) is 5.57. The monoisotopic (exact) mass is 276 g/mol. The number of urea groups is 1. The Kier molecular flexibility index (Phi) is 6.31. The Hall–Kier alpha value is -1.62. The van der Waals surface area contributed by atoms with Gasteiger partial charge in [-0.05, 0) is 37.4 Å². The summed E-state index contributed by atoms with van der Waals surface area (Å²) in [7, 11) is 0. The first-order chi connectivity index (χ1) is 9.84. The van der Waals surface area contributed by atoms with Gasteiger partial charge >= 0.3 is 6.03 Å². The van der Waals surface area contributed by atoms with Crippen LogP contribution >= 0.6 is 0 Å². The molecule has 1 fully saturated rings. The summed E-state index contributed by atoms with van der Waals surface area (Å²) in [5, 5.41) is 9.26. The summed E-state index contributed by atoms with van der Waals surface area (Å²) < 4.78 is 0. The molecule has 0 saturated heterocycles. The minimum atomic E-state index is -0.0239. The zero-order chi connectivity index (χ0) is 14.0. The lowest BCUT2D eigenvalue weighted by molar-refractivity contribution is 0.237. The van der Waals surface area contributed by atoms with Gasteiger partial charge in [0.15, 0.2) is 0 Å². The SMILES string of the molecule is O=C(NCCCNCc1cccnc1)NC1CCCC1. The van der Waals surface area contributed by atoms with Crippen molar-refractivity contribution < 1.29 is 4.79 Å². The van der Waals surface area contributed by atoms with Gasteiger partial charge in [-0.2, -0.15) is 0 Å². The lowest BCUT2D eigenvalue weighted by atomic mass is 10.2. The zero-order valence-electron chi connectivity index (χ0n) is 11.9. The molecule has 0 aliphatic heterocycles. The molecule has 5 nitrogen and oxygen atoms in total. The number of hydrogen-bond acceptors (Lipinski definition) is 3.